The number of ether oxygens (including phenoxy) is 1. The van der Waals surface area contributed by atoms with Gasteiger partial charge in [0.2, 0.25) is 0 Å². The lowest BCUT2D eigenvalue weighted by molar-refractivity contribution is -0.0124. The predicted molar refractivity (Wildman–Crippen MR) is 63.3 cm³/mol. The predicted octanol–water partition coefficient (Wildman–Crippen LogP) is 2.37. The van der Waals surface area contributed by atoms with E-state index in [1.54, 1.807) is 0 Å². The fourth-order valence-corrected chi connectivity index (χ4v) is 2.74. The Morgan fingerprint density at radius 3 is 3.13 bits per heavy atom. The van der Waals surface area contributed by atoms with Crippen molar-refractivity contribution in [1.29, 1.82) is 0 Å². The van der Waals surface area contributed by atoms with Crippen LogP contribution >= 0.6 is 27.3 Å². The van der Waals surface area contributed by atoms with Crippen LogP contribution in [0.2, 0.25) is 0 Å². The maximum absolute atomic E-state index is 12.0. The van der Waals surface area contributed by atoms with Crippen molar-refractivity contribution in [1.82, 2.24) is 4.90 Å². The second-order valence-electron chi connectivity index (χ2n) is 3.57. The number of morpholine rings is 1. The van der Waals surface area contributed by atoms with Gasteiger partial charge in [-0.05, 0) is 28.9 Å². The Balaban J connectivity index is 2.07. The Bertz CT molecular complexity index is 366. The second kappa shape index (κ2) is 4.63. The van der Waals surface area contributed by atoms with Crippen molar-refractivity contribution in [3.05, 3.63) is 20.8 Å². The first kappa shape index (κ1) is 11.1. The van der Waals surface area contributed by atoms with E-state index in [1.165, 1.54) is 11.3 Å². The summed E-state index contributed by atoms with van der Waals surface area (Å²) in [5.74, 6) is 0.104. The maximum atomic E-state index is 12.0. The monoisotopic (exact) mass is 289 g/mol. The van der Waals surface area contributed by atoms with E-state index in [1.807, 2.05) is 23.3 Å². The highest BCUT2D eigenvalue weighted by Gasteiger charge is 2.22. The van der Waals surface area contributed by atoms with Crippen molar-refractivity contribution in [3.8, 4) is 0 Å². The molecule has 0 aliphatic carbocycles. The lowest BCUT2D eigenvalue weighted by Gasteiger charge is -2.30. The van der Waals surface area contributed by atoms with E-state index in [4.69, 9.17) is 4.74 Å². The van der Waals surface area contributed by atoms with E-state index in [0.717, 1.165) is 9.35 Å². The number of amides is 1. The van der Waals surface area contributed by atoms with Crippen LogP contribution in [0.4, 0.5) is 0 Å². The van der Waals surface area contributed by atoms with Crippen LogP contribution in [0, 0.1) is 0 Å². The second-order valence-corrected chi connectivity index (χ2v) is 5.86. The summed E-state index contributed by atoms with van der Waals surface area (Å²) in [6.45, 7) is 4.00. The smallest absolute Gasteiger partial charge is 0.254 e. The molecule has 0 aromatic carbocycles. The molecule has 1 aliphatic rings. The molecule has 82 valence electrons. The molecule has 5 heteroatoms. The number of hydrogen-bond donors (Lipinski definition) is 0. The number of rotatable bonds is 1. The third-order valence-electron chi connectivity index (χ3n) is 2.34. The zero-order chi connectivity index (χ0) is 10.8. The average molecular weight is 290 g/mol. The molecule has 15 heavy (non-hydrogen) atoms. The zero-order valence-electron chi connectivity index (χ0n) is 8.40. The molecule has 1 fully saturated rings. The minimum Gasteiger partial charge on any atom is -0.375 e. The number of thiophene rings is 1. The van der Waals surface area contributed by atoms with Crippen molar-refractivity contribution < 1.29 is 9.53 Å². The van der Waals surface area contributed by atoms with Gasteiger partial charge >= 0.3 is 0 Å². The van der Waals surface area contributed by atoms with E-state index in [-0.39, 0.29) is 12.0 Å². The zero-order valence-corrected chi connectivity index (χ0v) is 10.8. The first-order valence-corrected chi connectivity index (χ1v) is 6.49. The van der Waals surface area contributed by atoms with Gasteiger partial charge in [-0.3, -0.25) is 4.79 Å². The van der Waals surface area contributed by atoms with E-state index in [9.17, 15) is 4.79 Å². The van der Waals surface area contributed by atoms with Gasteiger partial charge < -0.3 is 9.64 Å². The highest BCUT2D eigenvalue weighted by Crippen LogP contribution is 2.22. The molecule has 3 nitrogen and oxygen atoms in total. The summed E-state index contributed by atoms with van der Waals surface area (Å²) < 4.78 is 6.39. The molecule has 2 heterocycles. The Morgan fingerprint density at radius 2 is 2.53 bits per heavy atom. The number of carbonyl (C=O) groups excluding carboxylic acids is 1. The highest BCUT2D eigenvalue weighted by atomic mass is 79.9. The summed E-state index contributed by atoms with van der Waals surface area (Å²) >= 11 is 4.89. The molecular formula is C10H12BrNO2S. The first-order chi connectivity index (χ1) is 7.16. The Hall–Kier alpha value is -0.390. The Labute approximate surface area is 101 Å². The molecule has 1 aromatic heterocycles. The molecule has 0 bridgehead atoms. The lowest BCUT2D eigenvalue weighted by atomic mass is 10.2. The first-order valence-electron chi connectivity index (χ1n) is 4.81. The largest absolute Gasteiger partial charge is 0.375 e. The third-order valence-corrected chi connectivity index (χ3v) is 3.85. The van der Waals surface area contributed by atoms with Crippen LogP contribution in [0.25, 0.3) is 0 Å². The molecule has 1 aliphatic heterocycles. The summed E-state index contributed by atoms with van der Waals surface area (Å²) in [5.41, 5.74) is 0.765. The molecule has 1 saturated heterocycles. The molecule has 1 aromatic rings. The van der Waals surface area contributed by atoms with E-state index in [2.05, 4.69) is 15.9 Å². The summed E-state index contributed by atoms with van der Waals surface area (Å²) in [4.78, 5) is 13.9. The quantitative estimate of drug-likeness (QED) is 0.794. The van der Waals surface area contributed by atoms with E-state index in [0.29, 0.717) is 19.7 Å². The molecule has 0 saturated carbocycles. The van der Waals surface area contributed by atoms with Gasteiger partial charge in [0, 0.05) is 18.5 Å². The summed E-state index contributed by atoms with van der Waals surface area (Å²) in [6, 6.07) is 1.87. The molecule has 1 amide bonds. The maximum Gasteiger partial charge on any atom is 0.254 e. The van der Waals surface area contributed by atoms with Crippen LogP contribution in [0.15, 0.2) is 15.2 Å². The molecular weight excluding hydrogens is 278 g/mol. The minimum atomic E-state index is 0.104. The normalized spacial score (nSPS) is 21.7. The summed E-state index contributed by atoms with van der Waals surface area (Å²) in [6.07, 6.45) is 0.143. The van der Waals surface area contributed by atoms with Crippen LogP contribution < -0.4 is 0 Å². The van der Waals surface area contributed by atoms with Crippen LogP contribution in [0.3, 0.4) is 0 Å². The van der Waals surface area contributed by atoms with Gasteiger partial charge in [0.05, 0.1) is 22.1 Å². The Kier molecular flexibility index (Phi) is 3.43. The van der Waals surface area contributed by atoms with E-state index >= 15 is 0 Å². The molecule has 0 N–H and O–H groups in total. The van der Waals surface area contributed by atoms with Gasteiger partial charge in [0.15, 0.2) is 0 Å². The minimum absolute atomic E-state index is 0.104. The topological polar surface area (TPSA) is 29.5 Å². The van der Waals surface area contributed by atoms with Gasteiger partial charge in [-0.15, -0.1) is 11.3 Å². The van der Waals surface area contributed by atoms with Gasteiger partial charge in [0.1, 0.15) is 0 Å². The van der Waals surface area contributed by atoms with Gasteiger partial charge in [-0.25, -0.2) is 0 Å². The summed E-state index contributed by atoms with van der Waals surface area (Å²) in [7, 11) is 0. The van der Waals surface area contributed by atoms with Crippen LogP contribution in [0.5, 0.6) is 0 Å². The number of halogens is 1. The van der Waals surface area contributed by atoms with Crippen molar-refractivity contribution >= 4 is 33.2 Å². The average Bonchev–Trinajstić information content (AvgIpc) is 2.64. The molecule has 1 unspecified atom stereocenters. The van der Waals surface area contributed by atoms with Gasteiger partial charge in [-0.1, -0.05) is 0 Å². The molecule has 0 spiro atoms. The SMILES string of the molecule is CC1CN(C(=O)c2csc(Br)c2)CCO1. The van der Waals surface area contributed by atoms with Crippen molar-refractivity contribution in [3.63, 3.8) is 0 Å². The number of carbonyl (C=O) groups is 1. The number of nitrogens with zero attached hydrogens (tertiary/aromatic N) is 1. The van der Waals surface area contributed by atoms with Crippen LogP contribution in [-0.4, -0.2) is 36.6 Å². The molecule has 0 radical (unpaired) electrons. The number of hydrogen-bond acceptors (Lipinski definition) is 3. The van der Waals surface area contributed by atoms with E-state index < -0.39 is 0 Å². The third kappa shape index (κ3) is 2.59. The standard InChI is InChI=1S/C10H12BrNO2S/c1-7-5-12(2-3-14-7)10(13)8-4-9(11)15-6-8/h4,6-7H,2-3,5H2,1H3. The fourth-order valence-electron chi connectivity index (χ4n) is 1.61. The molecule has 1 atom stereocenters. The fraction of sp³-hybridized carbons (Fsp3) is 0.500. The lowest BCUT2D eigenvalue weighted by Crippen LogP contribution is -2.44. The molecule has 2 rings (SSSR count). The van der Waals surface area contributed by atoms with Crippen LogP contribution in [0.1, 0.15) is 17.3 Å². The highest BCUT2D eigenvalue weighted by molar-refractivity contribution is 9.11. The van der Waals surface area contributed by atoms with Gasteiger partial charge in [-0.2, -0.15) is 0 Å². The Morgan fingerprint density at radius 1 is 1.73 bits per heavy atom. The van der Waals surface area contributed by atoms with Crippen molar-refractivity contribution in [2.45, 2.75) is 13.0 Å². The van der Waals surface area contributed by atoms with Crippen molar-refractivity contribution in [2.75, 3.05) is 19.7 Å². The van der Waals surface area contributed by atoms with Crippen LogP contribution in [-0.2, 0) is 4.74 Å². The van der Waals surface area contributed by atoms with Gasteiger partial charge in [0.25, 0.3) is 5.91 Å². The van der Waals surface area contributed by atoms with Crippen molar-refractivity contribution in [2.24, 2.45) is 0 Å². The summed E-state index contributed by atoms with van der Waals surface area (Å²) in [5, 5.41) is 1.88.